The fourth-order valence-electron chi connectivity index (χ4n) is 2.01. The van der Waals surface area contributed by atoms with Crippen LogP contribution in [0, 0.1) is 6.92 Å². The van der Waals surface area contributed by atoms with E-state index in [0.29, 0.717) is 10.8 Å². The number of unbranched alkanes of at least 4 members (excludes halogenated alkanes) is 2. The summed E-state index contributed by atoms with van der Waals surface area (Å²) < 4.78 is 5.51. The summed E-state index contributed by atoms with van der Waals surface area (Å²) in [6.07, 6.45) is 4.56. The van der Waals surface area contributed by atoms with Crippen molar-refractivity contribution in [3.8, 4) is 5.75 Å². The van der Waals surface area contributed by atoms with Gasteiger partial charge in [0.2, 0.25) is 0 Å². The monoisotopic (exact) mass is 297 g/mol. The van der Waals surface area contributed by atoms with Gasteiger partial charge in [-0.05, 0) is 44.0 Å². The number of benzene rings is 1. The summed E-state index contributed by atoms with van der Waals surface area (Å²) in [6.45, 7) is 6.15. The highest BCUT2D eigenvalue weighted by Crippen LogP contribution is 2.21. The van der Waals surface area contributed by atoms with Crippen molar-refractivity contribution in [1.82, 2.24) is 5.32 Å². The Morgan fingerprint density at radius 1 is 1.40 bits per heavy atom. The maximum atomic E-state index is 11.8. The van der Waals surface area contributed by atoms with Crippen LogP contribution >= 0.6 is 11.6 Å². The number of nitrogens with one attached hydrogen (secondary N) is 1. The Balaban J connectivity index is 2.32. The van der Waals surface area contributed by atoms with Crippen LogP contribution in [0.1, 0.15) is 45.1 Å². The van der Waals surface area contributed by atoms with Gasteiger partial charge < -0.3 is 10.1 Å². The first kappa shape index (κ1) is 16.8. The Labute approximate surface area is 126 Å². The summed E-state index contributed by atoms with van der Waals surface area (Å²) in [4.78, 5) is 11.8. The minimum Gasteiger partial charge on any atom is -0.484 e. The molecule has 0 aliphatic heterocycles. The van der Waals surface area contributed by atoms with E-state index in [0.717, 1.165) is 18.4 Å². The number of halogens is 1. The van der Waals surface area contributed by atoms with Crippen LogP contribution in [0.3, 0.4) is 0 Å². The molecule has 1 amide bonds. The van der Waals surface area contributed by atoms with Crippen LogP contribution in [0.4, 0.5) is 0 Å². The molecular formula is C16H24ClNO2. The number of carbonyl (C=O) groups is 1. The van der Waals surface area contributed by atoms with E-state index in [2.05, 4.69) is 12.2 Å². The molecule has 20 heavy (non-hydrogen) atoms. The van der Waals surface area contributed by atoms with Crippen molar-refractivity contribution < 1.29 is 9.53 Å². The summed E-state index contributed by atoms with van der Waals surface area (Å²) in [5.41, 5.74) is 0.932. The number of hydrogen-bond acceptors (Lipinski definition) is 2. The zero-order valence-electron chi connectivity index (χ0n) is 12.5. The molecule has 0 heterocycles. The molecule has 1 aromatic carbocycles. The summed E-state index contributed by atoms with van der Waals surface area (Å²) >= 11 is 5.87. The van der Waals surface area contributed by atoms with E-state index in [1.165, 1.54) is 12.8 Å². The van der Waals surface area contributed by atoms with Crippen LogP contribution in [0.15, 0.2) is 18.2 Å². The van der Waals surface area contributed by atoms with Gasteiger partial charge in [-0.1, -0.05) is 37.8 Å². The maximum absolute atomic E-state index is 11.8. The molecule has 0 aliphatic rings. The first-order valence-electron chi connectivity index (χ1n) is 7.21. The number of amides is 1. The normalized spacial score (nSPS) is 12.0. The minimum absolute atomic E-state index is 0.0423. The lowest BCUT2D eigenvalue weighted by molar-refractivity contribution is -0.123. The molecule has 0 saturated heterocycles. The molecule has 1 unspecified atom stereocenters. The maximum Gasteiger partial charge on any atom is 0.258 e. The van der Waals surface area contributed by atoms with E-state index in [1.807, 2.05) is 19.9 Å². The lowest BCUT2D eigenvalue weighted by atomic mass is 10.1. The summed E-state index contributed by atoms with van der Waals surface area (Å²) in [5.74, 6) is 0.617. The van der Waals surface area contributed by atoms with Crippen molar-refractivity contribution >= 4 is 17.5 Å². The molecule has 0 bridgehead atoms. The van der Waals surface area contributed by atoms with Crippen molar-refractivity contribution in [2.45, 2.75) is 52.5 Å². The van der Waals surface area contributed by atoms with Crippen LogP contribution in [0.2, 0.25) is 5.02 Å². The number of hydrogen-bond donors (Lipinski definition) is 1. The molecule has 1 rings (SSSR count). The molecule has 1 aromatic rings. The van der Waals surface area contributed by atoms with Gasteiger partial charge in [0, 0.05) is 11.1 Å². The Hall–Kier alpha value is -1.22. The summed E-state index contributed by atoms with van der Waals surface area (Å²) in [7, 11) is 0. The quantitative estimate of drug-likeness (QED) is 0.733. The minimum atomic E-state index is -0.0802. The Morgan fingerprint density at radius 2 is 2.15 bits per heavy atom. The van der Waals surface area contributed by atoms with Crippen molar-refractivity contribution in [1.29, 1.82) is 0 Å². The zero-order valence-corrected chi connectivity index (χ0v) is 13.3. The predicted octanol–water partition coefficient (Wildman–Crippen LogP) is 4.11. The predicted molar refractivity (Wildman–Crippen MR) is 83.4 cm³/mol. The van der Waals surface area contributed by atoms with E-state index in [1.54, 1.807) is 12.1 Å². The molecular weight excluding hydrogens is 274 g/mol. The Kier molecular flexibility index (Phi) is 7.45. The first-order valence-corrected chi connectivity index (χ1v) is 7.59. The van der Waals surface area contributed by atoms with Gasteiger partial charge in [0.05, 0.1) is 0 Å². The van der Waals surface area contributed by atoms with Crippen molar-refractivity contribution in [2.75, 3.05) is 6.61 Å². The van der Waals surface area contributed by atoms with Crippen LogP contribution in [-0.4, -0.2) is 18.6 Å². The number of carbonyl (C=O) groups excluding carboxylic acids is 1. The third-order valence-electron chi connectivity index (χ3n) is 3.14. The Morgan fingerprint density at radius 3 is 2.80 bits per heavy atom. The molecule has 0 spiro atoms. The fourth-order valence-corrected chi connectivity index (χ4v) is 2.23. The molecule has 3 nitrogen and oxygen atoms in total. The molecule has 112 valence electrons. The average Bonchev–Trinajstić information content (AvgIpc) is 2.38. The zero-order chi connectivity index (χ0) is 15.0. The highest BCUT2D eigenvalue weighted by Gasteiger charge is 2.08. The number of ether oxygens (including phenoxy) is 1. The van der Waals surface area contributed by atoms with Gasteiger partial charge in [-0.2, -0.15) is 0 Å². The summed E-state index contributed by atoms with van der Waals surface area (Å²) in [6, 6.07) is 5.57. The molecule has 0 fully saturated rings. The standard InChI is InChI=1S/C16H24ClNO2/c1-4-5-6-7-13(3)18-16(19)11-20-15-9-8-14(17)10-12(15)2/h8-10,13H,4-7,11H2,1-3H3,(H,18,19). The van der Waals surface area contributed by atoms with Crippen LogP contribution in [0.5, 0.6) is 5.75 Å². The number of aryl methyl sites for hydroxylation is 1. The molecule has 0 radical (unpaired) electrons. The fraction of sp³-hybridized carbons (Fsp3) is 0.562. The lowest BCUT2D eigenvalue weighted by Gasteiger charge is -2.14. The van der Waals surface area contributed by atoms with Gasteiger partial charge in [-0.25, -0.2) is 0 Å². The van der Waals surface area contributed by atoms with Crippen LogP contribution in [0.25, 0.3) is 0 Å². The van der Waals surface area contributed by atoms with E-state index < -0.39 is 0 Å². The van der Waals surface area contributed by atoms with Crippen LogP contribution < -0.4 is 10.1 Å². The van der Waals surface area contributed by atoms with Gasteiger partial charge in [0.1, 0.15) is 5.75 Å². The molecule has 4 heteroatoms. The van der Waals surface area contributed by atoms with Crippen molar-refractivity contribution in [3.05, 3.63) is 28.8 Å². The van der Waals surface area contributed by atoms with Crippen LogP contribution in [-0.2, 0) is 4.79 Å². The van der Waals surface area contributed by atoms with E-state index >= 15 is 0 Å². The highest BCUT2D eigenvalue weighted by atomic mass is 35.5. The molecule has 1 atom stereocenters. The van der Waals surface area contributed by atoms with Crippen molar-refractivity contribution in [2.24, 2.45) is 0 Å². The van der Waals surface area contributed by atoms with Gasteiger partial charge in [-0.15, -0.1) is 0 Å². The topological polar surface area (TPSA) is 38.3 Å². The van der Waals surface area contributed by atoms with E-state index in [9.17, 15) is 4.79 Å². The third kappa shape index (κ3) is 6.29. The second-order valence-electron chi connectivity index (χ2n) is 5.16. The molecule has 0 saturated carbocycles. The summed E-state index contributed by atoms with van der Waals surface area (Å²) in [5, 5.41) is 3.62. The van der Waals surface area contributed by atoms with Gasteiger partial charge in [0.15, 0.2) is 6.61 Å². The molecule has 0 aliphatic carbocycles. The largest absolute Gasteiger partial charge is 0.484 e. The SMILES string of the molecule is CCCCCC(C)NC(=O)COc1ccc(Cl)cc1C. The first-order chi connectivity index (χ1) is 9.52. The molecule has 1 N–H and O–H groups in total. The average molecular weight is 298 g/mol. The Bertz CT molecular complexity index is 434. The second kappa shape index (κ2) is 8.85. The van der Waals surface area contributed by atoms with Crippen molar-refractivity contribution in [3.63, 3.8) is 0 Å². The van der Waals surface area contributed by atoms with E-state index in [-0.39, 0.29) is 18.6 Å². The van der Waals surface area contributed by atoms with Gasteiger partial charge in [0.25, 0.3) is 5.91 Å². The smallest absolute Gasteiger partial charge is 0.258 e. The third-order valence-corrected chi connectivity index (χ3v) is 3.38. The number of rotatable bonds is 8. The van der Waals surface area contributed by atoms with Gasteiger partial charge in [-0.3, -0.25) is 4.79 Å². The van der Waals surface area contributed by atoms with E-state index in [4.69, 9.17) is 16.3 Å². The van der Waals surface area contributed by atoms with Gasteiger partial charge >= 0.3 is 0 Å². The lowest BCUT2D eigenvalue weighted by Crippen LogP contribution is -2.36. The second-order valence-corrected chi connectivity index (χ2v) is 5.60. The highest BCUT2D eigenvalue weighted by molar-refractivity contribution is 6.30. The molecule has 0 aromatic heterocycles.